The van der Waals surface area contributed by atoms with Gasteiger partial charge in [0, 0.05) is 19.7 Å². The molecule has 1 fully saturated rings. The van der Waals surface area contributed by atoms with Gasteiger partial charge in [-0.3, -0.25) is 0 Å². The maximum Gasteiger partial charge on any atom is 0.245 e. The van der Waals surface area contributed by atoms with E-state index >= 15 is 0 Å². The average Bonchev–Trinajstić information content (AvgIpc) is 2.44. The molecule has 0 bridgehead atoms. The zero-order chi connectivity index (χ0) is 15.6. The number of aliphatic hydroxyl groups excluding tert-OH is 1. The zero-order valence-corrected chi connectivity index (χ0v) is 13.5. The van der Waals surface area contributed by atoms with Crippen molar-refractivity contribution in [2.45, 2.75) is 38.0 Å². The summed E-state index contributed by atoms with van der Waals surface area (Å²) in [6, 6.07) is 3.50. The number of sulfonamides is 1. The summed E-state index contributed by atoms with van der Waals surface area (Å²) in [5.74, 6) is 0.227. The van der Waals surface area contributed by atoms with Crippen LogP contribution in [0.4, 0.5) is 5.69 Å². The molecule has 1 unspecified atom stereocenters. The van der Waals surface area contributed by atoms with Gasteiger partial charge in [0.05, 0.1) is 5.69 Å². The van der Waals surface area contributed by atoms with Crippen LogP contribution in [0, 0.1) is 19.8 Å². The van der Waals surface area contributed by atoms with E-state index in [0.29, 0.717) is 25.2 Å². The topological polar surface area (TPSA) is 83.6 Å². The summed E-state index contributed by atoms with van der Waals surface area (Å²) in [7, 11) is -3.57. The smallest absolute Gasteiger partial charge is 0.245 e. The highest BCUT2D eigenvalue weighted by atomic mass is 32.2. The molecule has 1 aliphatic rings. The van der Waals surface area contributed by atoms with Crippen LogP contribution in [0.2, 0.25) is 0 Å². The summed E-state index contributed by atoms with van der Waals surface area (Å²) in [6.07, 6.45) is 2.44. The molecule has 2 rings (SSSR count). The van der Waals surface area contributed by atoms with Gasteiger partial charge in [0.15, 0.2) is 0 Å². The number of hydrogen-bond acceptors (Lipinski definition) is 4. The number of hydrogen-bond donors (Lipinski definition) is 2. The number of nitrogens with zero attached hydrogens (tertiary/aromatic N) is 1. The fourth-order valence-electron chi connectivity index (χ4n) is 2.95. The molecule has 21 heavy (non-hydrogen) atoms. The molecule has 5 nitrogen and oxygen atoms in total. The van der Waals surface area contributed by atoms with Gasteiger partial charge in [-0.2, -0.15) is 4.31 Å². The molecule has 0 amide bonds. The number of nitrogens with two attached hydrogens (primary N) is 1. The first-order valence-electron chi connectivity index (χ1n) is 7.34. The first-order valence-corrected chi connectivity index (χ1v) is 8.78. The Bertz CT molecular complexity index is 612. The Morgan fingerprint density at radius 2 is 2.10 bits per heavy atom. The van der Waals surface area contributed by atoms with Gasteiger partial charge in [-0.1, -0.05) is 6.07 Å². The van der Waals surface area contributed by atoms with Crippen LogP contribution in [0.3, 0.4) is 0 Å². The number of aryl methyl sites for hydroxylation is 1. The van der Waals surface area contributed by atoms with Crippen molar-refractivity contribution in [3.63, 3.8) is 0 Å². The van der Waals surface area contributed by atoms with Crippen molar-refractivity contribution in [3.05, 3.63) is 23.3 Å². The Labute approximate surface area is 126 Å². The molecule has 1 saturated heterocycles. The van der Waals surface area contributed by atoms with Crippen molar-refractivity contribution in [1.82, 2.24) is 4.31 Å². The lowest BCUT2D eigenvalue weighted by Crippen LogP contribution is -2.40. The number of nitrogen functional groups attached to an aromatic ring is 1. The summed E-state index contributed by atoms with van der Waals surface area (Å²) in [5, 5.41) is 9.06. The van der Waals surface area contributed by atoms with E-state index in [1.807, 2.05) is 13.0 Å². The Balaban J connectivity index is 2.36. The van der Waals surface area contributed by atoms with E-state index < -0.39 is 10.0 Å². The van der Waals surface area contributed by atoms with Crippen molar-refractivity contribution in [2.75, 3.05) is 25.4 Å². The van der Waals surface area contributed by atoms with Gasteiger partial charge in [0.1, 0.15) is 4.90 Å². The SMILES string of the molecule is Cc1ccc(N)c(S(=O)(=O)N2CCCC(CCO)C2)c1C. The average molecular weight is 312 g/mol. The van der Waals surface area contributed by atoms with Crippen molar-refractivity contribution >= 4 is 15.7 Å². The number of rotatable bonds is 4. The highest BCUT2D eigenvalue weighted by molar-refractivity contribution is 7.89. The number of anilines is 1. The summed E-state index contributed by atoms with van der Waals surface area (Å²) >= 11 is 0. The molecule has 0 spiro atoms. The first-order chi connectivity index (χ1) is 9.87. The lowest BCUT2D eigenvalue weighted by Gasteiger charge is -2.32. The van der Waals surface area contributed by atoms with Gasteiger partial charge >= 0.3 is 0 Å². The van der Waals surface area contributed by atoms with Crippen molar-refractivity contribution in [3.8, 4) is 0 Å². The molecular formula is C15H24N2O3S. The Hall–Kier alpha value is -1.11. The van der Waals surface area contributed by atoms with Gasteiger partial charge in [-0.15, -0.1) is 0 Å². The van der Waals surface area contributed by atoms with E-state index in [-0.39, 0.29) is 17.4 Å². The first kappa shape index (κ1) is 16.3. The number of aliphatic hydroxyl groups is 1. The highest BCUT2D eigenvalue weighted by Gasteiger charge is 2.32. The van der Waals surface area contributed by atoms with Gasteiger partial charge in [0.2, 0.25) is 10.0 Å². The van der Waals surface area contributed by atoms with Gasteiger partial charge in [-0.05, 0) is 56.2 Å². The fraction of sp³-hybridized carbons (Fsp3) is 0.600. The molecule has 0 aliphatic carbocycles. The van der Waals surface area contributed by atoms with Gasteiger partial charge < -0.3 is 10.8 Å². The molecule has 1 aliphatic heterocycles. The number of piperidine rings is 1. The Morgan fingerprint density at radius 1 is 1.38 bits per heavy atom. The molecule has 6 heteroatoms. The molecule has 1 heterocycles. The number of benzene rings is 1. The standard InChI is InChI=1S/C15H24N2O3S/c1-11-5-6-14(16)15(12(11)2)21(19,20)17-8-3-4-13(10-17)7-9-18/h5-6,13,18H,3-4,7-10,16H2,1-2H3. The van der Waals surface area contributed by atoms with Crippen LogP contribution in [-0.4, -0.2) is 37.5 Å². The predicted molar refractivity (Wildman–Crippen MR) is 83.5 cm³/mol. The summed E-state index contributed by atoms with van der Waals surface area (Å²) in [4.78, 5) is 0.243. The van der Waals surface area contributed by atoms with Crippen molar-refractivity contribution in [1.29, 1.82) is 0 Å². The van der Waals surface area contributed by atoms with Crippen LogP contribution in [0.25, 0.3) is 0 Å². The normalized spacial score (nSPS) is 20.6. The summed E-state index contributed by atoms with van der Waals surface area (Å²) in [6.45, 7) is 4.78. The maximum atomic E-state index is 12.9. The van der Waals surface area contributed by atoms with Crippen LogP contribution in [0.1, 0.15) is 30.4 Å². The van der Waals surface area contributed by atoms with E-state index in [1.165, 1.54) is 4.31 Å². The maximum absolute atomic E-state index is 12.9. The van der Waals surface area contributed by atoms with E-state index in [0.717, 1.165) is 24.0 Å². The molecule has 1 aromatic carbocycles. The molecule has 3 N–H and O–H groups in total. The second-order valence-electron chi connectivity index (χ2n) is 5.81. The van der Waals surface area contributed by atoms with Crippen LogP contribution >= 0.6 is 0 Å². The van der Waals surface area contributed by atoms with Crippen molar-refractivity contribution in [2.24, 2.45) is 5.92 Å². The molecule has 0 radical (unpaired) electrons. The fourth-order valence-corrected chi connectivity index (χ4v) is 4.89. The van der Waals surface area contributed by atoms with Crippen LogP contribution in [-0.2, 0) is 10.0 Å². The Kier molecular flexibility index (Phi) is 4.91. The molecule has 1 aromatic rings. The lowest BCUT2D eigenvalue weighted by atomic mass is 9.97. The van der Waals surface area contributed by atoms with E-state index in [9.17, 15) is 8.42 Å². The van der Waals surface area contributed by atoms with Crippen LogP contribution in [0.5, 0.6) is 0 Å². The minimum Gasteiger partial charge on any atom is -0.398 e. The van der Waals surface area contributed by atoms with E-state index in [1.54, 1.807) is 13.0 Å². The highest BCUT2D eigenvalue weighted by Crippen LogP contribution is 2.31. The molecule has 118 valence electrons. The third kappa shape index (κ3) is 3.22. The van der Waals surface area contributed by atoms with Crippen LogP contribution in [0.15, 0.2) is 17.0 Å². The Morgan fingerprint density at radius 3 is 2.76 bits per heavy atom. The summed E-state index contributed by atoms with van der Waals surface area (Å²) in [5.41, 5.74) is 7.88. The summed E-state index contributed by atoms with van der Waals surface area (Å²) < 4.78 is 27.4. The quantitative estimate of drug-likeness (QED) is 0.828. The third-order valence-corrected chi connectivity index (χ3v) is 6.39. The lowest BCUT2D eigenvalue weighted by molar-refractivity contribution is 0.203. The zero-order valence-electron chi connectivity index (χ0n) is 12.7. The van der Waals surface area contributed by atoms with Gasteiger partial charge in [0.25, 0.3) is 0 Å². The molecular weight excluding hydrogens is 288 g/mol. The van der Waals surface area contributed by atoms with Crippen molar-refractivity contribution < 1.29 is 13.5 Å². The molecule has 0 aromatic heterocycles. The largest absolute Gasteiger partial charge is 0.398 e. The third-order valence-electron chi connectivity index (χ3n) is 4.32. The minimum absolute atomic E-state index is 0.101. The van der Waals surface area contributed by atoms with Gasteiger partial charge in [-0.25, -0.2) is 8.42 Å². The van der Waals surface area contributed by atoms with Crippen LogP contribution < -0.4 is 5.73 Å². The predicted octanol–water partition coefficient (Wildman–Crippen LogP) is 1.67. The molecule has 1 atom stereocenters. The second-order valence-corrected chi connectivity index (χ2v) is 7.68. The van der Waals surface area contributed by atoms with E-state index in [4.69, 9.17) is 10.8 Å². The second kappa shape index (κ2) is 6.34. The monoisotopic (exact) mass is 312 g/mol. The van der Waals surface area contributed by atoms with E-state index in [2.05, 4.69) is 0 Å². The molecule has 0 saturated carbocycles. The minimum atomic E-state index is -3.57.